The standard InChI is InChI=1S/C16H14ClN3O/c1-11-5-4-8-20-10-12(19-15(11)20)9-18-16(21)13-6-2-3-7-14(13)17/h2-8,10H,9H2,1H3,(H,18,21). The minimum Gasteiger partial charge on any atom is -0.346 e. The highest BCUT2D eigenvalue weighted by Crippen LogP contribution is 2.15. The largest absolute Gasteiger partial charge is 0.346 e. The molecule has 0 unspecified atom stereocenters. The summed E-state index contributed by atoms with van der Waals surface area (Å²) in [6, 6.07) is 11.0. The number of hydrogen-bond donors (Lipinski definition) is 1. The number of rotatable bonds is 3. The number of halogens is 1. The molecule has 1 amide bonds. The molecule has 0 bridgehead atoms. The first kappa shape index (κ1) is 13.6. The maximum atomic E-state index is 12.1. The van der Waals surface area contributed by atoms with Crippen LogP contribution < -0.4 is 5.32 Å². The van der Waals surface area contributed by atoms with E-state index in [4.69, 9.17) is 11.6 Å². The molecule has 0 saturated carbocycles. The molecule has 3 rings (SSSR count). The lowest BCUT2D eigenvalue weighted by Gasteiger charge is -2.04. The van der Waals surface area contributed by atoms with Crippen LogP contribution in [0.15, 0.2) is 48.8 Å². The Labute approximate surface area is 127 Å². The topological polar surface area (TPSA) is 46.4 Å². The van der Waals surface area contributed by atoms with Gasteiger partial charge in [-0.2, -0.15) is 0 Å². The normalized spacial score (nSPS) is 10.8. The summed E-state index contributed by atoms with van der Waals surface area (Å²) < 4.78 is 1.95. The van der Waals surface area contributed by atoms with E-state index in [1.165, 1.54) is 0 Å². The zero-order valence-corrected chi connectivity index (χ0v) is 12.3. The van der Waals surface area contributed by atoms with E-state index in [0.29, 0.717) is 17.1 Å². The molecule has 0 aliphatic carbocycles. The Morgan fingerprint density at radius 3 is 2.86 bits per heavy atom. The average Bonchev–Trinajstić information content (AvgIpc) is 2.90. The molecule has 0 fully saturated rings. The number of amides is 1. The van der Waals surface area contributed by atoms with E-state index in [0.717, 1.165) is 16.9 Å². The third-order valence-electron chi connectivity index (χ3n) is 3.28. The number of hydrogen-bond acceptors (Lipinski definition) is 2. The summed E-state index contributed by atoms with van der Waals surface area (Å²) in [5.41, 5.74) is 3.28. The van der Waals surface area contributed by atoms with Crippen LogP contribution in [0.25, 0.3) is 5.65 Å². The number of imidazole rings is 1. The van der Waals surface area contributed by atoms with Gasteiger partial charge in [-0.05, 0) is 30.7 Å². The van der Waals surface area contributed by atoms with Crippen molar-refractivity contribution in [2.75, 3.05) is 0 Å². The monoisotopic (exact) mass is 299 g/mol. The molecule has 4 nitrogen and oxygen atoms in total. The van der Waals surface area contributed by atoms with Gasteiger partial charge in [0.05, 0.1) is 22.8 Å². The van der Waals surface area contributed by atoms with Crippen LogP contribution in [0.4, 0.5) is 0 Å². The number of fused-ring (bicyclic) bond motifs is 1. The number of nitrogens with zero attached hydrogens (tertiary/aromatic N) is 2. The summed E-state index contributed by atoms with van der Waals surface area (Å²) in [4.78, 5) is 16.6. The maximum Gasteiger partial charge on any atom is 0.253 e. The van der Waals surface area contributed by atoms with E-state index in [1.807, 2.05) is 35.9 Å². The number of nitrogens with one attached hydrogen (secondary N) is 1. The van der Waals surface area contributed by atoms with Crippen molar-refractivity contribution in [2.45, 2.75) is 13.5 Å². The molecular formula is C16H14ClN3O. The summed E-state index contributed by atoms with van der Waals surface area (Å²) in [5, 5.41) is 3.28. The fourth-order valence-electron chi connectivity index (χ4n) is 2.20. The van der Waals surface area contributed by atoms with Gasteiger partial charge in [-0.25, -0.2) is 4.98 Å². The second-order valence-electron chi connectivity index (χ2n) is 4.82. The van der Waals surface area contributed by atoms with E-state index in [2.05, 4.69) is 10.3 Å². The highest BCUT2D eigenvalue weighted by Gasteiger charge is 2.10. The first-order chi connectivity index (χ1) is 10.1. The molecule has 0 radical (unpaired) electrons. The van der Waals surface area contributed by atoms with Crippen LogP contribution in [0.1, 0.15) is 21.6 Å². The first-order valence-electron chi connectivity index (χ1n) is 6.61. The lowest BCUT2D eigenvalue weighted by Crippen LogP contribution is -2.23. The predicted octanol–water partition coefficient (Wildman–Crippen LogP) is 3.23. The van der Waals surface area contributed by atoms with Crippen LogP contribution in [-0.2, 0) is 6.54 Å². The van der Waals surface area contributed by atoms with E-state index < -0.39 is 0 Å². The van der Waals surface area contributed by atoms with Crippen LogP contribution in [0, 0.1) is 6.92 Å². The zero-order chi connectivity index (χ0) is 14.8. The van der Waals surface area contributed by atoms with Crippen molar-refractivity contribution >= 4 is 23.2 Å². The average molecular weight is 300 g/mol. The molecule has 5 heteroatoms. The Bertz CT molecular complexity index is 810. The van der Waals surface area contributed by atoms with Gasteiger partial charge in [0, 0.05) is 12.4 Å². The Hall–Kier alpha value is -2.33. The first-order valence-corrected chi connectivity index (χ1v) is 6.99. The van der Waals surface area contributed by atoms with Crippen molar-refractivity contribution in [3.05, 3.63) is 70.6 Å². The highest BCUT2D eigenvalue weighted by atomic mass is 35.5. The van der Waals surface area contributed by atoms with Crippen molar-refractivity contribution in [1.82, 2.24) is 14.7 Å². The molecule has 106 valence electrons. The molecule has 0 saturated heterocycles. The molecule has 0 aliphatic rings. The Kier molecular flexibility index (Phi) is 3.62. The quantitative estimate of drug-likeness (QED) is 0.807. The number of benzene rings is 1. The van der Waals surface area contributed by atoms with Gasteiger partial charge in [0.1, 0.15) is 5.65 Å². The van der Waals surface area contributed by atoms with Gasteiger partial charge in [0.15, 0.2) is 0 Å². The molecule has 0 atom stereocenters. The summed E-state index contributed by atoms with van der Waals surface area (Å²) in [6.45, 7) is 2.37. The van der Waals surface area contributed by atoms with Crippen molar-refractivity contribution in [1.29, 1.82) is 0 Å². The van der Waals surface area contributed by atoms with Crippen molar-refractivity contribution in [3.63, 3.8) is 0 Å². The van der Waals surface area contributed by atoms with Crippen LogP contribution in [0.2, 0.25) is 5.02 Å². The van der Waals surface area contributed by atoms with Crippen LogP contribution >= 0.6 is 11.6 Å². The van der Waals surface area contributed by atoms with E-state index in [-0.39, 0.29) is 5.91 Å². The van der Waals surface area contributed by atoms with Gasteiger partial charge in [0.2, 0.25) is 0 Å². The Morgan fingerprint density at radius 1 is 1.29 bits per heavy atom. The molecule has 0 spiro atoms. The summed E-state index contributed by atoms with van der Waals surface area (Å²) in [7, 11) is 0. The second kappa shape index (κ2) is 5.58. The van der Waals surface area contributed by atoms with Gasteiger partial charge >= 0.3 is 0 Å². The van der Waals surface area contributed by atoms with Crippen LogP contribution in [-0.4, -0.2) is 15.3 Å². The highest BCUT2D eigenvalue weighted by molar-refractivity contribution is 6.33. The molecule has 2 heterocycles. The van der Waals surface area contributed by atoms with Crippen molar-refractivity contribution < 1.29 is 4.79 Å². The predicted molar refractivity (Wildman–Crippen MR) is 82.6 cm³/mol. The van der Waals surface area contributed by atoms with E-state index in [1.54, 1.807) is 24.3 Å². The Morgan fingerprint density at radius 2 is 2.10 bits per heavy atom. The van der Waals surface area contributed by atoms with E-state index >= 15 is 0 Å². The molecule has 1 N–H and O–H groups in total. The van der Waals surface area contributed by atoms with Crippen LogP contribution in [0.5, 0.6) is 0 Å². The minimum atomic E-state index is -0.200. The number of carbonyl (C=O) groups is 1. The number of aromatic nitrogens is 2. The number of pyridine rings is 1. The van der Waals surface area contributed by atoms with Gasteiger partial charge in [-0.3, -0.25) is 4.79 Å². The lowest BCUT2D eigenvalue weighted by atomic mass is 10.2. The molecule has 2 aromatic heterocycles. The lowest BCUT2D eigenvalue weighted by molar-refractivity contribution is 0.0950. The smallest absolute Gasteiger partial charge is 0.253 e. The molecular weight excluding hydrogens is 286 g/mol. The number of carbonyl (C=O) groups excluding carboxylic acids is 1. The summed E-state index contributed by atoms with van der Waals surface area (Å²) in [6.07, 6.45) is 3.85. The second-order valence-corrected chi connectivity index (χ2v) is 5.22. The minimum absolute atomic E-state index is 0.200. The van der Waals surface area contributed by atoms with Gasteiger partial charge < -0.3 is 9.72 Å². The molecule has 3 aromatic rings. The van der Waals surface area contributed by atoms with E-state index in [9.17, 15) is 4.79 Å². The Balaban J connectivity index is 1.76. The summed E-state index contributed by atoms with van der Waals surface area (Å²) >= 11 is 6.01. The van der Waals surface area contributed by atoms with Crippen molar-refractivity contribution in [3.8, 4) is 0 Å². The maximum absolute atomic E-state index is 12.1. The molecule has 21 heavy (non-hydrogen) atoms. The van der Waals surface area contributed by atoms with Gasteiger partial charge in [-0.1, -0.05) is 29.8 Å². The van der Waals surface area contributed by atoms with Crippen LogP contribution in [0.3, 0.4) is 0 Å². The zero-order valence-electron chi connectivity index (χ0n) is 11.5. The third-order valence-corrected chi connectivity index (χ3v) is 3.61. The van der Waals surface area contributed by atoms with Gasteiger partial charge in [0.25, 0.3) is 5.91 Å². The summed E-state index contributed by atoms with van der Waals surface area (Å²) in [5.74, 6) is -0.200. The van der Waals surface area contributed by atoms with Crippen molar-refractivity contribution in [2.24, 2.45) is 0 Å². The SMILES string of the molecule is Cc1cccn2cc(CNC(=O)c3ccccc3Cl)nc12. The third kappa shape index (κ3) is 2.76. The van der Waals surface area contributed by atoms with Gasteiger partial charge in [-0.15, -0.1) is 0 Å². The number of aryl methyl sites for hydroxylation is 1. The fourth-order valence-corrected chi connectivity index (χ4v) is 2.42. The fraction of sp³-hybridized carbons (Fsp3) is 0.125. The molecule has 1 aromatic carbocycles. The molecule has 0 aliphatic heterocycles.